The van der Waals surface area contributed by atoms with Crippen LogP contribution < -0.4 is 4.90 Å². The van der Waals surface area contributed by atoms with Gasteiger partial charge in [0.2, 0.25) is 0 Å². The van der Waals surface area contributed by atoms with Crippen molar-refractivity contribution in [2.45, 2.75) is 57.9 Å². The molecule has 0 aliphatic carbocycles. The molecule has 0 radical (unpaired) electrons. The minimum Gasteiger partial charge on any atom is -0.444 e. The number of hydrogen-bond donors (Lipinski definition) is 0. The zero-order chi connectivity index (χ0) is 22.3. The average Bonchev–Trinajstić information content (AvgIpc) is 2.91. The molecule has 3 rings (SSSR count). The van der Waals surface area contributed by atoms with Crippen molar-refractivity contribution in [2.24, 2.45) is 0 Å². The summed E-state index contributed by atoms with van der Waals surface area (Å²) in [5, 5.41) is 0. The predicted octanol–water partition coefficient (Wildman–Crippen LogP) is 4.13. The van der Waals surface area contributed by atoms with Crippen LogP contribution in [0.4, 0.5) is 28.6 Å². The summed E-state index contributed by atoms with van der Waals surface area (Å²) in [6, 6.07) is 1.42. The first-order valence-corrected chi connectivity index (χ1v) is 9.97. The van der Waals surface area contributed by atoms with E-state index in [1.165, 1.54) is 4.90 Å². The maximum atomic E-state index is 13.1. The lowest BCUT2D eigenvalue weighted by Gasteiger charge is -2.43. The summed E-state index contributed by atoms with van der Waals surface area (Å²) in [6.07, 6.45) is -2.82. The SMILES string of the molecule is CCN1C(=O)N(c2cc(C(F)(F)F)ccn2)CC12CCN(C(=O)OC(C)(C)C)CC2. The van der Waals surface area contributed by atoms with Crippen molar-refractivity contribution in [3.05, 3.63) is 23.9 Å². The number of halogens is 3. The number of likely N-dealkylation sites (tertiary alicyclic amines) is 1. The van der Waals surface area contributed by atoms with E-state index in [4.69, 9.17) is 4.74 Å². The zero-order valence-corrected chi connectivity index (χ0v) is 17.6. The standard InChI is InChI=1S/C20H27F3N4O3/c1-5-27-16(28)26(15-12-14(6-9-24-15)20(21,22)23)13-19(27)7-10-25(11-8-19)17(29)30-18(2,3)4/h6,9,12H,5,7-8,10-11,13H2,1-4H3. The summed E-state index contributed by atoms with van der Waals surface area (Å²) in [6.45, 7) is 8.69. The van der Waals surface area contributed by atoms with Gasteiger partial charge in [0.1, 0.15) is 11.4 Å². The fraction of sp³-hybridized carbons (Fsp3) is 0.650. The maximum Gasteiger partial charge on any atom is 0.416 e. The number of ether oxygens (including phenoxy) is 1. The van der Waals surface area contributed by atoms with Crippen LogP contribution in [-0.4, -0.2) is 64.2 Å². The van der Waals surface area contributed by atoms with E-state index in [1.807, 2.05) is 6.92 Å². The summed E-state index contributed by atoms with van der Waals surface area (Å²) in [5.41, 5.74) is -2.00. The van der Waals surface area contributed by atoms with Gasteiger partial charge in [-0.15, -0.1) is 0 Å². The van der Waals surface area contributed by atoms with Crippen molar-refractivity contribution in [1.29, 1.82) is 0 Å². The van der Waals surface area contributed by atoms with Crippen LogP contribution in [0.5, 0.6) is 0 Å². The number of nitrogens with zero attached hydrogens (tertiary/aromatic N) is 4. The highest BCUT2D eigenvalue weighted by Crippen LogP contribution is 2.39. The van der Waals surface area contributed by atoms with Gasteiger partial charge in [-0.3, -0.25) is 4.90 Å². The predicted molar refractivity (Wildman–Crippen MR) is 104 cm³/mol. The third kappa shape index (κ3) is 4.32. The highest BCUT2D eigenvalue weighted by atomic mass is 19.4. The molecule has 1 aromatic heterocycles. The normalized spacial score (nSPS) is 19.6. The van der Waals surface area contributed by atoms with E-state index in [9.17, 15) is 22.8 Å². The van der Waals surface area contributed by atoms with Gasteiger partial charge in [0.05, 0.1) is 17.6 Å². The largest absolute Gasteiger partial charge is 0.444 e. The first-order chi connectivity index (χ1) is 13.9. The average molecular weight is 428 g/mol. The smallest absolute Gasteiger partial charge is 0.416 e. The molecule has 7 nitrogen and oxygen atoms in total. The molecule has 0 atom stereocenters. The number of carbonyl (C=O) groups is 2. The van der Waals surface area contributed by atoms with Gasteiger partial charge in [-0.25, -0.2) is 14.6 Å². The summed E-state index contributed by atoms with van der Waals surface area (Å²) < 4.78 is 44.7. The van der Waals surface area contributed by atoms with Crippen LogP contribution in [0.1, 0.15) is 46.1 Å². The van der Waals surface area contributed by atoms with Gasteiger partial charge in [-0.1, -0.05) is 0 Å². The van der Waals surface area contributed by atoms with Crippen molar-refractivity contribution in [1.82, 2.24) is 14.8 Å². The van der Waals surface area contributed by atoms with Crippen LogP contribution in [0.3, 0.4) is 0 Å². The molecule has 30 heavy (non-hydrogen) atoms. The van der Waals surface area contributed by atoms with Crippen LogP contribution in [-0.2, 0) is 10.9 Å². The first-order valence-electron chi connectivity index (χ1n) is 9.97. The van der Waals surface area contributed by atoms with E-state index in [-0.39, 0.29) is 18.4 Å². The van der Waals surface area contributed by atoms with E-state index >= 15 is 0 Å². The lowest BCUT2D eigenvalue weighted by molar-refractivity contribution is -0.137. The quantitative estimate of drug-likeness (QED) is 0.711. The number of amides is 3. The minimum absolute atomic E-state index is 0.0141. The van der Waals surface area contributed by atoms with Crippen LogP contribution in [0.15, 0.2) is 18.3 Å². The molecule has 0 unspecified atom stereocenters. The highest BCUT2D eigenvalue weighted by Gasteiger charge is 2.51. The Kier molecular flexibility index (Phi) is 5.64. The van der Waals surface area contributed by atoms with E-state index in [1.54, 1.807) is 30.6 Å². The number of pyridine rings is 1. The van der Waals surface area contributed by atoms with Crippen molar-refractivity contribution < 1.29 is 27.5 Å². The summed E-state index contributed by atoms with van der Waals surface area (Å²) in [4.78, 5) is 34.0. The number of piperidine rings is 1. The molecule has 0 saturated carbocycles. The van der Waals surface area contributed by atoms with Gasteiger partial charge in [-0.2, -0.15) is 13.2 Å². The number of carbonyl (C=O) groups excluding carboxylic acids is 2. The third-order valence-electron chi connectivity index (χ3n) is 5.50. The molecule has 0 N–H and O–H groups in total. The van der Waals surface area contributed by atoms with Crippen molar-refractivity contribution in [3.63, 3.8) is 0 Å². The Morgan fingerprint density at radius 3 is 2.40 bits per heavy atom. The molecule has 3 heterocycles. The van der Waals surface area contributed by atoms with Crippen LogP contribution in [0.2, 0.25) is 0 Å². The second kappa shape index (κ2) is 7.63. The Balaban J connectivity index is 1.78. The molecule has 1 aromatic rings. The molecule has 1 spiro atoms. The third-order valence-corrected chi connectivity index (χ3v) is 5.50. The Bertz CT molecular complexity index is 814. The lowest BCUT2D eigenvalue weighted by Crippen LogP contribution is -2.55. The van der Waals surface area contributed by atoms with Crippen LogP contribution in [0.25, 0.3) is 0 Å². The van der Waals surface area contributed by atoms with E-state index < -0.39 is 29.0 Å². The Labute approximate surface area is 173 Å². The zero-order valence-electron chi connectivity index (χ0n) is 17.6. The number of urea groups is 1. The molecule has 2 aliphatic heterocycles. The monoisotopic (exact) mass is 428 g/mol. The fourth-order valence-electron chi connectivity index (χ4n) is 4.05. The second-order valence-corrected chi connectivity index (χ2v) is 8.71. The number of alkyl halides is 3. The van der Waals surface area contributed by atoms with Crippen LogP contribution in [0, 0.1) is 0 Å². The number of aromatic nitrogens is 1. The molecule has 0 bridgehead atoms. The van der Waals surface area contributed by atoms with Gasteiger partial charge in [0.25, 0.3) is 0 Å². The summed E-state index contributed by atoms with van der Waals surface area (Å²) >= 11 is 0. The number of anilines is 1. The molecular formula is C20H27F3N4O3. The number of likely N-dealkylation sites (N-methyl/N-ethyl adjacent to an activating group) is 1. The molecule has 2 aliphatic rings. The van der Waals surface area contributed by atoms with Crippen molar-refractivity contribution >= 4 is 17.9 Å². The van der Waals surface area contributed by atoms with Crippen molar-refractivity contribution in [2.75, 3.05) is 31.1 Å². The fourth-order valence-corrected chi connectivity index (χ4v) is 4.05. The van der Waals surface area contributed by atoms with Gasteiger partial charge < -0.3 is 14.5 Å². The Morgan fingerprint density at radius 2 is 1.87 bits per heavy atom. The number of rotatable bonds is 2. The van der Waals surface area contributed by atoms with Gasteiger partial charge in [0.15, 0.2) is 0 Å². The van der Waals surface area contributed by atoms with Gasteiger partial charge >= 0.3 is 18.3 Å². The minimum atomic E-state index is -4.51. The van der Waals surface area contributed by atoms with E-state index in [0.717, 1.165) is 18.3 Å². The van der Waals surface area contributed by atoms with E-state index in [2.05, 4.69) is 4.98 Å². The molecule has 3 amide bonds. The van der Waals surface area contributed by atoms with Crippen molar-refractivity contribution in [3.8, 4) is 0 Å². The molecule has 0 aromatic carbocycles. The molecule has 2 saturated heterocycles. The topological polar surface area (TPSA) is 66.0 Å². The summed E-state index contributed by atoms with van der Waals surface area (Å²) in [5.74, 6) is -0.0141. The van der Waals surface area contributed by atoms with Crippen LogP contribution >= 0.6 is 0 Å². The number of hydrogen-bond acceptors (Lipinski definition) is 4. The second-order valence-electron chi connectivity index (χ2n) is 8.71. The molecule has 166 valence electrons. The first kappa shape index (κ1) is 22.2. The summed E-state index contributed by atoms with van der Waals surface area (Å²) in [7, 11) is 0. The lowest BCUT2D eigenvalue weighted by atomic mass is 9.87. The Hall–Kier alpha value is -2.52. The van der Waals surface area contributed by atoms with Gasteiger partial charge in [0, 0.05) is 25.8 Å². The molecule has 2 fully saturated rings. The highest BCUT2D eigenvalue weighted by molar-refractivity contribution is 5.94. The van der Waals surface area contributed by atoms with Gasteiger partial charge in [-0.05, 0) is 52.7 Å². The Morgan fingerprint density at radius 1 is 1.23 bits per heavy atom. The maximum absolute atomic E-state index is 13.1. The van der Waals surface area contributed by atoms with E-state index in [0.29, 0.717) is 32.5 Å². The molecular weight excluding hydrogens is 401 g/mol. The molecule has 10 heteroatoms.